The summed E-state index contributed by atoms with van der Waals surface area (Å²) in [6.45, 7) is 17.5. The number of nitrogens with zero attached hydrogens (tertiary/aromatic N) is 3. The van der Waals surface area contributed by atoms with Crippen molar-refractivity contribution in [2.45, 2.75) is 39.7 Å². The third-order valence-corrected chi connectivity index (χ3v) is 4.43. The van der Waals surface area contributed by atoms with E-state index in [4.69, 9.17) is 4.74 Å². The van der Waals surface area contributed by atoms with Crippen LogP contribution in [0.25, 0.3) is 0 Å². The summed E-state index contributed by atoms with van der Waals surface area (Å²) in [5, 5.41) is 17.3. The molecule has 0 saturated carbocycles. The molecule has 1 heterocycles. The van der Waals surface area contributed by atoms with Crippen molar-refractivity contribution in [1.82, 2.24) is 20.4 Å². The van der Waals surface area contributed by atoms with Gasteiger partial charge in [0.15, 0.2) is 5.96 Å². The predicted octanol–water partition coefficient (Wildman–Crippen LogP) is 0.357. The van der Waals surface area contributed by atoms with E-state index in [9.17, 15) is 5.11 Å². The molecule has 0 spiro atoms. The third-order valence-electron chi connectivity index (χ3n) is 4.43. The van der Waals surface area contributed by atoms with Gasteiger partial charge in [-0.25, -0.2) is 0 Å². The lowest BCUT2D eigenvalue weighted by Crippen LogP contribution is -2.48. The Hall–Kier alpha value is -0.890. The molecule has 0 aromatic heterocycles. The van der Waals surface area contributed by atoms with Gasteiger partial charge >= 0.3 is 0 Å². The molecule has 1 fully saturated rings. The van der Waals surface area contributed by atoms with Crippen LogP contribution < -0.4 is 10.6 Å². The molecule has 3 N–H and O–H groups in total. The van der Waals surface area contributed by atoms with Gasteiger partial charge in [0.25, 0.3) is 0 Å². The van der Waals surface area contributed by atoms with Crippen LogP contribution in [-0.2, 0) is 4.74 Å². The number of aliphatic imine (C=N–C) groups is 1. The van der Waals surface area contributed by atoms with Crippen molar-refractivity contribution < 1.29 is 9.84 Å². The molecule has 0 bridgehead atoms. The molecule has 7 nitrogen and oxygen atoms in total. The summed E-state index contributed by atoms with van der Waals surface area (Å²) < 4.78 is 5.36. The smallest absolute Gasteiger partial charge is 0.191 e. The van der Waals surface area contributed by atoms with Gasteiger partial charge in [0, 0.05) is 32.7 Å². The zero-order valence-electron chi connectivity index (χ0n) is 16.7. The fourth-order valence-corrected chi connectivity index (χ4v) is 2.93. The van der Waals surface area contributed by atoms with Crippen LogP contribution in [0.1, 0.15) is 34.1 Å². The number of hydrogen-bond acceptors (Lipinski definition) is 5. The summed E-state index contributed by atoms with van der Waals surface area (Å²) in [6.07, 6.45) is 1.08. The zero-order valence-corrected chi connectivity index (χ0v) is 16.7. The van der Waals surface area contributed by atoms with Crippen molar-refractivity contribution >= 4 is 5.96 Å². The predicted molar refractivity (Wildman–Crippen MR) is 104 cm³/mol. The average molecular weight is 358 g/mol. The number of β-amino-alcohol motifs (C(OH)–C–C–N with tert-alkyl or cyclic N) is 1. The van der Waals surface area contributed by atoms with Crippen molar-refractivity contribution in [3.05, 3.63) is 0 Å². The minimum Gasteiger partial charge on any atom is -0.387 e. The van der Waals surface area contributed by atoms with Gasteiger partial charge < -0.3 is 25.4 Å². The lowest BCUT2D eigenvalue weighted by Gasteiger charge is -2.33. The Balaban J connectivity index is 2.39. The SMILES string of the molecule is CCNC(=NCC(C)(O)CN1CCOCC1)NCCCN(CC)CC. The first kappa shape index (κ1) is 22.2. The van der Waals surface area contributed by atoms with Crippen LogP contribution in [0.15, 0.2) is 4.99 Å². The quantitative estimate of drug-likeness (QED) is 0.282. The minimum atomic E-state index is -0.832. The van der Waals surface area contributed by atoms with E-state index < -0.39 is 5.60 Å². The minimum absolute atomic E-state index is 0.385. The van der Waals surface area contributed by atoms with E-state index in [-0.39, 0.29) is 0 Å². The molecule has 0 radical (unpaired) electrons. The molecular weight excluding hydrogens is 318 g/mol. The zero-order chi connectivity index (χ0) is 18.5. The van der Waals surface area contributed by atoms with Gasteiger partial charge in [-0.15, -0.1) is 0 Å². The summed E-state index contributed by atoms with van der Waals surface area (Å²) in [7, 11) is 0. The Morgan fingerprint density at radius 3 is 2.48 bits per heavy atom. The molecule has 0 aliphatic carbocycles. The van der Waals surface area contributed by atoms with Crippen molar-refractivity contribution in [2.24, 2.45) is 4.99 Å². The number of nitrogens with one attached hydrogen (secondary N) is 2. The van der Waals surface area contributed by atoms with Gasteiger partial charge in [0.05, 0.1) is 25.4 Å². The maximum atomic E-state index is 10.6. The summed E-state index contributed by atoms with van der Waals surface area (Å²) in [5.41, 5.74) is -0.832. The van der Waals surface area contributed by atoms with Crippen LogP contribution in [0.3, 0.4) is 0 Å². The van der Waals surface area contributed by atoms with Gasteiger partial charge in [-0.2, -0.15) is 0 Å². The van der Waals surface area contributed by atoms with Crippen molar-refractivity contribution in [2.75, 3.05) is 72.1 Å². The maximum absolute atomic E-state index is 10.6. The van der Waals surface area contributed by atoms with Crippen LogP contribution >= 0.6 is 0 Å². The Kier molecular flexibility index (Phi) is 11.0. The number of hydrogen-bond donors (Lipinski definition) is 3. The summed E-state index contributed by atoms with van der Waals surface area (Å²) in [4.78, 5) is 9.24. The second kappa shape index (κ2) is 12.5. The third kappa shape index (κ3) is 9.99. The maximum Gasteiger partial charge on any atom is 0.191 e. The molecule has 1 rings (SSSR count). The number of aliphatic hydroxyl groups is 1. The summed E-state index contributed by atoms with van der Waals surface area (Å²) >= 11 is 0. The molecule has 1 saturated heterocycles. The van der Waals surface area contributed by atoms with Gasteiger partial charge in [0.1, 0.15) is 0 Å². The molecule has 7 heteroatoms. The molecule has 1 aliphatic heterocycles. The monoisotopic (exact) mass is 357 g/mol. The second-order valence-electron chi connectivity index (χ2n) is 6.89. The second-order valence-corrected chi connectivity index (χ2v) is 6.89. The van der Waals surface area contributed by atoms with Gasteiger partial charge in [-0.1, -0.05) is 13.8 Å². The molecule has 1 atom stereocenters. The van der Waals surface area contributed by atoms with E-state index in [0.717, 1.165) is 71.4 Å². The van der Waals surface area contributed by atoms with Crippen LogP contribution in [0.4, 0.5) is 0 Å². The first-order valence-corrected chi connectivity index (χ1v) is 9.77. The number of rotatable bonds is 11. The van der Waals surface area contributed by atoms with Gasteiger partial charge in [-0.05, 0) is 39.9 Å². The standard InChI is InChI=1S/C18H39N5O2/c1-5-19-17(20-9-8-10-22(6-2)7-3)21-15-18(4,24)16-23-11-13-25-14-12-23/h24H,5-16H2,1-4H3,(H2,19,20,21). The number of ether oxygens (including phenoxy) is 1. The summed E-state index contributed by atoms with van der Waals surface area (Å²) in [6, 6.07) is 0. The van der Waals surface area contributed by atoms with Crippen LogP contribution in [-0.4, -0.2) is 98.6 Å². The Morgan fingerprint density at radius 2 is 1.88 bits per heavy atom. The lowest BCUT2D eigenvalue weighted by atomic mass is 10.1. The topological polar surface area (TPSA) is 72.4 Å². The molecular formula is C18H39N5O2. The molecule has 1 aliphatic rings. The molecule has 0 aromatic rings. The summed E-state index contributed by atoms with van der Waals surface area (Å²) in [5.74, 6) is 0.782. The normalized spacial score (nSPS) is 19.0. The van der Waals surface area contributed by atoms with E-state index in [1.165, 1.54) is 0 Å². The average Bonchev–Trinajstić information content (AvgIpc) is 2.60. The fourth-order valence-electron chi connectivity index (χ4n) is 2.93. The van der Waals surface area contributed by atoms with Gasteiger partial charge in [-0.3, -0.25) is 9.89 Å². The highest BCUT2D eigenvalue weighted by atomic mass is 16.5. The molecule has 0 amide bonds. The Labute approximate surface area is 153 Å². The van der Waals surface area contributed by atoms with Crippen molar-refractivity contribution in [3.8, 4) is 0 Å². The first-order chi connectivity index (χ1) is 12.0. The highest BCUT2D eigenvalue weighted by Gasteiger charge is 2.25. The Bertz CT molecular complexity index is 366. The molecule has 1 unspecified atom stereocenters. The van der Waals surface area contributed by atoms with Gasteiger partial charge in [0.2, 0.25) is 0 Å². The molecule has 0 aromatic carbocycles. The highest BCUT2D eigenvalue weighted by Crippen LogP contribution is 2.09. The van der Waals surface area contributed by atoms with Crippen molar-refractivity contribution in [1.29, 1.82) is 0 Å². The number of morpholine rings is 1. The first-order valence-electron chi connectivity index (χ1n) is 9.77. The van der Waals surface area contributed by atoms with E-state index >= 15 is 0 Å². The van der Waals surface area contributed by atoms with Crippen LogP contribution in [0, 0.1) is 0 Å². The Morgan fingerprint density at radius 1 is 1.20 bits per heavy atom. The fraction of sp³-hybridized carbons (Fsp3) is 0.944. The molecule has 148 valence electrons. The van der Waals surface area contributed by atoms with E-state index in [0.29, 0.717) is 13.1 Å². The van der Waals surface area contributed by atoms with E-state index in [2.05, 4.69) is 46.2 Å². The van der Waals surface area contributed by atoms with E-state index in [1.807, 2.05) is 6.92 Å². The van der Waals surface area contributed by atoms with Crippen LogP contribution in [0.2, 0.25) is 0 Å². The molecule has 25 heavy (non-hydrogen) atoms. The number of guanidine groups is 1. The largest absolute Gasteiger partial charge is 0.387 e. The van der Waals surface area contributed by atoms with Crippen LogP contribution in [0.5, 0.6) is 0 Å². The van der Waals surface area contributed by atoms with E-state index in [1.54, 1.807) is 0 Å². The van der Waals surface area contributed by atoms with Crippen molar-refractivity contribution in [3.63, 3.8) is 0 Å². The highest BCUT2D eigenvalue weighted by molar-refractivity contribution is 5.79. The lowest BCUT2D eigenvalue weighted by molar-refractivity contribution is -0.0179.